The highest BCUT2D eigenvalue weighted by Gasteiger charge is 2.27. The summed E-state index contributed by atoms with van der Waals surface area (Å²) in [7, 11) is -2.64. The van der Waals surface area contributed by atoms with Crippen LogP contribution in [0.25, 0.3) is 0 Å². The lowest BCUT2D eigenvalue weighted by Crippen LogP contribution is -2.39. The Morgan fingerprint density at radius 1 is 1.09 bits per heavy atom. The van der Waals surface area contributed by atoms with Crippen LogP contribution < -0.4 is 14.5 Å². The van der Waals surface area contributed by atoms with Crippen LogP contribution in [0.3, 0.4) is 0 Å². The molecule has 0 radical (unpaired) electrons. The fourth-order valence-electron chi connectivity index (χ4n) is 2.72. The summed E-state index contributed by atoms with van der Waals surface area (Å²) < 4.78 is 46.2. The van der Waals surface area contributed by atoms with Gasteiger partial charge in [-0.05, 0) is 54.6 Å². The number of hydrogen-bond acceptors (Lipinski definition) is 5. The number of hydrazone groups is 1. The van der Waals surface area contributed by atoms with Crippen molar-refractivity contribution in [2.45, 2.75) is 4.90 Å². The van der Waals surface area contributed by atoms with Crippen molar-refractivity contribution in [2.75, 3.05) is 18.0 Å². The van der Waals surface area contributed by atoms with Crippen LogP contribution in [-0.4, -0.2) is 34.2 Å². The predicted molar refractivity (Wildman–Crippen MR) is 121 cm³/mol. The van der Waals surface area contributed by atoms with E-state index in [0.717, 1.165) is 10.5 Å². The molecular formula is C22H19ClFN3O4S. The summed E-state index contributed by atoms with van der Waals surface area (Å²) in [6, 6.07) is 17.7. The zero-order valence-corrected chi connectivity index (χ0v) is 18.5. The van der Waals surface area contributed by atoms with Crippen molar-refractivity contribution in [3.8, 4) is 5.75 Å². The zero-order valence-electron chi connectivity index (χ0n) is 16.9. The number of anilines is 1. The molecule has 0 heterocycles. The number of rotatable bonds is 8. The third kappa shape index (κ3) is 5.63. The van der Waals surface area contributed by atoms with Gasteiger partial charge in [0.2, 0.25) is 0 Å². The molecule has 3 aromatic rings. The SMILES string of the molecule is COc1ccc(S(=O)(=O)N(CC(=O)N/N=C\c2ccccc2F)c2ccc(Cl)cc2)cc1. The lowest BCUT2D eigenvalue weighted by atomic mass is 10.2. The highest BCUT2D eigenvalue weighted by Crippen LogP contribution is 2.26. The number of carbonyl (C=O) groups is 1. The van der Waals surface area contributed by atoms with Crippen molar-refractivity contribution in [1.29, 1.82) is 0 Å². The summed E-state index contributed by atoms with van der Waals surface area (Å²) in [5.74, 6) is -0.734. The number of amides is 1. The quantitative estimate of drug-likeness (QED) is 0.396. The fourth-order valence-corrected chi connectivity index (χ4v) is 4.26. The largest absolute Gasteiger partial charge is 0.497 e. The van der Waals surface area contributed by atoms with Crippen LogP contribution in [0.2, 0.25) is 5.02 Å². The summed E-state index contributed by atoms with van der Waals surface area (Å²) in [5, 5.41) is 4.13. The van der Waals surface area contributed by atoms with Crippen molar-refractivity contribution < 1.29 is 22.3 Å². The number of ether oxygens (including phenoxy) is 1. The van der Waals surface area contributed by atoms with Gasteiger partial charge in [-0.15, -0.1) is 0 Å². The molecule has 0 spiro atoms. The second kappa shape index (κ2) is 10.3. The molecule has 0 bridgehead atoms. The van der Waals surface area contributed by atoms with E-state index < -0.39 is 28.3 Å². The van der Waals surface area contributed by atoms with E-state index in [1.807, 2.05) is 0 Å². The van der Waals surface area contributed by atoms with Gasteiger partial charge < -0.3 is 4.74 Å². The molecule has 0 aromatic heterocycles. The van der Waals surface area contributed by atoms with Gasteiger partial charge in [0.25, 0.3) is 15.9 Å². The third-order valence-electron chi connectivity index (χ3n) is 4.35. The maximum Gasteiger partial charge on any atom is 0.264 e. The minimum atomic E-state index is -4.11. The number of methoxy groups -OCH3 is 1. The van der Waals surface area contributed by atoms with E-state index in [1.54, 1.807) is 6.07 Å². The van der Waals surface area contributed by atoms with Gasteiger partial charge in [0.15, 0.2) is 0 Å². The number of carbonyl (C=O) groups excluding carboxylic acids is 1. The second-order valence-electron chi connectivity index (χ2n) is 6.48. The molecule has 3 aromatic carbocycles. The highest BCUT2D eigenvalue weighted by molar-refractivity contribution is 7.92. The van der Waals surface area contributed by atoms with Crippen molar-refractivity contribution in [2.24, 2.45) is 5.10 Å². The fraction of sp³-hybridized carbons (Fsp3) is 0.0909. The van der Waals surface area contributed by atoms with E-state index >= 15 is 0 Å². The smallest absolute Gasteiger partial charge is 0.264 e. The third-order valence-corrected chi connectivity index (χ3v) is 6.39. The van der Waals surface area contributed by atoms with Crippen LogP contribution in [0.5, 0.6) is 5.75 Å². The molecule has 0 aliphatic rings. The molecule has 0 saturated carbocycles. The molecule has 1 amide bonds. The number of nitrogens with one attached hydrogen (secondary N) is 1. The van der Waals surface area contributed by atoms with Gasteiger partial charge in [0.05, 0.1) is 23.9 Å². The number of nitrogens with zero attached hydrogens (tertiary/aromatic N) is 2. The molecule has 32 heavy (non-hydrogen) atoms. The second-order valence-corrected chi connectivity index (χ2v) is 8.78. The molecule has 0 aliphatic carbocycles. The molecule has 0 aliphatic heterocycles. The van der Waals surface area contributed by atoms with Gasteiger partial charge in [-0.25, -0.2) is 18.2 Å². The van der Waals surface area contributed by atoms with Gasteiger partial charge in [0.1, 0.15) is 18.1 Å². The number of halogens is 2. The first kappa shape index (κ1) is 23.2. The van der Waals surface area contributed by atoms with E-state index in [2.05, 4.69) is 10.5 Å². The normalized spacial score (nSPS) is 11.3. The van der Waals surface area contributed by atoms with Crippen LogP contribution in [0.1, 0.15) is 5.56 Å². The molecule has 0 atom stereocenters. The summed E-state index contributed by atoms with van der Waals surface area (Å²) in [5.41, 5.74) is 2.63. The van der Waals surface area contributed by atoms with E-state index in [1.165, 1.54) is 73.8 Å². The minimum Gasteiger partial charge on any atom is -0.497 e. The van der Waals surface area contributed by atoms with Gasteiger partial charge in [-0.2, -0.15) is 5.10 Å². The zero-order chi connectivity index (χ0) is 23.1. The molecule has 10 heteroatoms. The van der Waals surface area contributed by atoms with Gasteiger partial charge >= 0.3 is 0 Å². The van der Waals surface area contributed by atoms with Gasteiger partial charge in [-0.3, -0.25) is 9.10 Å². The average molecular weight is 476 g/mol. The Kier molecular flexibility index (Phi) is 7.45. The Labute approximate surface area is 190 Å². The summed E-state index contributed by atoms with van der Waals surface area (Å²) in [6.45, 7) is -0.565. The summed E-state index contributed by atoms with van der Waals surface area (Å²) in [6.07, 6.45) is 1.14. The monoisotopic (exact) mass is 475 g/mol. The lowest BCUT2D eigenvalue weighted by molar-refractivity contribution is -0.119. The number of benzene rings is 3. The highest BCUT2D eigenvalue weighted by atomic mass is 35.5. The molecule has 166 valence electrons. The Morgan fingerprint density at radius 2 is 1.75 bits per heavy atom. The standard InChI is InChI=1S/C22H19ClFN3O4S/c1-31-19-10-12-20(13-11-19)32(29,30)27(18-8-6-17(23)7-9-18)15-22(28)26-25-14-16-4-2-3-5-21(16)24/h2-14H,15H2,1H3,(H,26,28)/b25-14-. The van der Waals surface area contributed by atoms with Gasteiger partial charge in [0, 0.05) is 10.6 Å². The maximum atomic E-state index is 13.7. The van der Waals surface area contributed by atoms with E-state index in [-0.39, 0.29) is 16.1 Å². The Bertz CT molecular complexity index is 1220. The molecule has 0 unspecified atom stereocenters. The van der Waals surface area contributed by atoms with Crippen LogP contribution in [0.4, 0.5) is 10.1 Å². The van der Waals surface area contributed by atoms with Crippen LogP contribution in [-0.2, 0) is 14.8 Å². The topological polar surface area (TPSA) is 88.1 Å². The Hall–Kier alpha value is -3.43. The van der Waals surface area contributed by atoms with Crippen LogP contribution in [0.15, 0.2) is 82.8 Å². The van der Waals surface area contributed by atoms with Crippen molar-refractivity contribution in [3.05, 3.63) is 89.2 Å². The lowest BCUT2D eigenvalue weighted by Gasteiger charge is -2.23. The Balaban J connectivity index is 1.85. The number of sulfonamides is 1. The molecule has 0 saturated heterocycles. The first-order valence-electron chi connectivity index (χ1n) is 9.30. The van der Waals surface area contributed by atoms with Crippen LogP contribution in [0, 0.1) is 5.82 Å². The van der Waals surface area contributed by atoms with Crippen molar-refractivity contribution >= 4 is 39.4 Å². The van der Waals surface area contributed by atoms with E-state index in [4.69, 9.17) is 16.3 Å². The Morgan fingerprint density at radius 3 is 2.38 bits per heavy atom. The number of hydrogen-bond donors (Lipinski definition) is 1. The van der Waals surface area contributed by atoms with Gasteiger partial charge in [-0.1, -0.05) is 29.8 Å². The van der Waals surface area contributed by atoms with Crippen LogP contribution >= 0.6 is 11.6 Å². The van der Waals surface area contributed by atoms with Crippen molar-refractivity contribution in [3.63, 3.8) is 0 Å². The molecule has 3 rings (SSSR count). The maximum absolute atomic E-state index is 13.7. The molecule has 0 fully saturated rings. The molecule has 7 nitrogen and oxygen atoms in total. The van der Waals surface area contributed by atoms with E-state index in [0.29, 0.717) is 10.8 Å². The van der Waals surface area contributed by atoms with E-state index in [9.17, 15) is 17.6 Å². The minimum absolute atomic E-state index is 0.0316. The molecular weight excluding hydrogens is 457 g/mol. The van der Waals surface area contributed by atoms with Crippen molar-refractivity contribution in [1.82, 2.24) is 5.43 Å². The predicted octanol–water partition coefficient (Wildman–Crippen LogP) is 3.83. The first-order chi connectivity index (χ1) is 15.3. The average Bonchev–Trinajstić information content (AvgIpc) is 2.79. The summed E-state index contributed by atoms with van der Waals surface area (Å²) >= 11 is 5.92. The summed E-state index contributed by atoms with van der Waals surface area (Å²) in [4.78, 5) is 12.4. The molecule has 1 N–H and O–H groups in total. The first-order valence-corrected chi connectivity index (χ1v) is 11.1.